The molecule has 0 fully saturated rings. The Morgan fingerprint density at radius 1 is 1.00 bits per heavy atom. The van der Waals surface area contributed by atoms with Gasteiger partial charge in [0.15, 0.2) is 0 Å². The van der Waals surface area contributed by atoms with Gasteiger partial charge in [-0.3, -0.25) is 0 Å². The van der Waals surface area contributed by atoms with Gasteiger partial charge in [-0.25, -0.2) is 0 Å². The molecule has 0 aliphatic heterocycles. The summed E-state index contributed by atoms with van der Waals surface area (Å²) < 4.78 is 7.88. The molecule has 0 spiro atoms. The molecule has 0 aromatic rings. The number of hydrogen-bond donors (Lipinski definition) is 0. The number of rotatable bonds is 0. The summed E-state index contributed by atoms with van der Waals surface area (Å²) >= 11 is 2.62. The van der Waals surface area contributed by atoms with Crippen molar-refractivity contribution in [3.8, 4) is 0 Å². The second kappa shape index (κ2) is 94.5. The third kappa shape index (κ3) is 53.0. The van der Waals surface area contributed by atoms with Gasteiger partial charge in [0.2, 0.25) is 0 Å². The van der Waals surface area contributed by atoms with Crippen LogP contribution in [0.15, 0.2) is 0 Å². The van der Waals surface area contributed by atoms with E-state index in [1.165, 1.54) is 0 Å². The van der Waals surface area contributed by atoms with Crippen molar-refractivity contribution in [2.24, 2.45) is 0 Å². The van der Waals surface area contributed by atoms with Crippen LogP contribution in [0, 0.1) is 0 Å². The van der Waals surface area contributed by atoms with Gasteiger partial charge in [0.1, 0.15) is 0 Å². The molecule has 0 rings (SSSR count). The van der Waals surface area contributed by atoms with Crippen molar-refractivity contribution in [1.29, 1.82) is 0 Å². The van der Waals surface area contributed by atoms with Gasteiger partial charge in [-0.2, -0.15) is 0 Å². The van der Waals surface area contributed by atoms with Gasteiger partial charge < -0.3 is 13.8 Å². The topological polar surface area (TPSA) is 80.1 Å². The van der Waals surface area contributed by atoms with Crippen LogP contribution in [0.2, 0.25) is 0 Å². The van der Waals surface area contributed by atoms with E-state index >= 15 is 0 Å². The second-order valence-electron chi connectivity index (χ2n) is 0. The molecule has 0 aromatic carbocycles. The molecule has 0 radical (unpaired) electrons. The van der Waals surface area contributed by atoms with Gasteiger partial charge in [0.25, 0.3) is 0 Å². The van der Waals surface area contributed by atoms with Crippen LogP contribution in [0.3, 0.4) is 0 Å². The standard InChI is InChI=1S/2Li.Ni.2H2O.O.2H/h;;;2*1H2;;;/q2*+1;;;;;2*-1. The van der Waals surface area contributed by atoms with E-state index in [1.54, 1.807) is 0 Å². The van der Waals surface area contributed by atoms with Crippen molar-refractivity contribution >= 4 is 0 Å². The fourth-order valence-electron chi connectivity index (χ4n) is 0. The Morgan fingerprint density at radius 2 is 1.00 bits per heavy atom. The van der Waals surface area contributed by atoms with Crippen LogP contribution >= 0.6 is 0 Å². The Bertz CT molecular complexity index is 15.2. The quantitative estimate of drug-likeness (QED) is 0.297. The Labute approximate surface area is 70.7 Å². The first-order valence-corrected chi connectivity index (χ1v) is 0.532. The van der Waals surface area contributed by atoms with E-state index in [9.17, 15) is 0 Å². The Hall–Kier alpha value is 1.41. The number of hydrogen-bond acceptors (Lipinski definition) is 1. The molecule has 0 unspecified atom stereocenters. The van der Waals surface area contributed by atoms with Gasteiger partial charge in [0.05, 0.1) is 0 Å². The van der Waals surface area contributed by atoms with E-state index in [0.29, 0.717) is 0 Å². The second-order valence-corrected chi connectivity index (χ2v) is 0. The summed E-state index contributed by atoms with van der Waals surface area (Å²) in [5.41, 5.74) is 0. The maximum absolute atomic E-state index is 7.88. The van der Waals surface area contributed by atoms with Crippen molar-refractivity contribution in [2.45, 2.75) is 0 Å². The van der Waals surface area contributed by atoms with E-state index in [0.717, 1.165) is 0 Å². The first-order chi connectivity index (χ1) is 1.00. The molecular weight excluding hydrogens is 121 g/mol. The molecule has 6 heteroatoms. The molecule has 0 saturated heterocycles. The van der Waals surface area contributed by atoms with Crippen LogP contribution in [-0.2, 0) is 19.3 Å². The fourth-order valence-corrected chi connectivity index (χ4v) is 0. The molecule has 0 saturated carbocycles. The minimum absolute atomic E-state index is 0. The Kier molecular flexibility index (Phi) is 826. The molecule has 0 heterocycles. The molecule has 3 nitrogen and oxygen atoms in total. The van der Waals surface area contributed by atoms with Gasteiger partial charge in [-0.1, -0.05) is 0 Å². The van der Waals surface area contributed by atoms with Crippen LogP contribution < -0.4 is 37.7 Å². The van der Waals surface area contributed by atoms with Crippen molar-refractivity contribution in [3.05, 3.63) is 0 Å². The molecule has 36 valence electrons. The SMILES string of the molecule is O.O.[H-].[H-].[Li+].[Li+].[O]=[Ni]. The average molecular weight is 127 g/mol. The molecule has 0 bridgehead atoms. The molecule has 0 aliphatic carbocycles. The van der Waals surface area contributed by atoms with Crippen LogP contribution in [0.5, 0.6) is 0 Å². The maximum atomic E-state index is 7.88. The first-order valence-electron chi connectivity index (χ1n) is 0.129. The summed E-state index contributed by atoms with van der Waals surface area (Å²) in [5, 5.41) is 0. The molecule has 0 aromatic heterocycles. The van der Waals surface area contributed by atoms with Crippen LogP contribution in [-0.4, -0.2) is 11.0 Å². The van der Waals surface area contributed by atoms with Crippen LogP contribution in [0.4, 0.5) is 0 Å². The van der Waals surface area contributed by atoms with Crippen LogP contribution in [0.1, 0.15) is 2.85 Å². The third-order valence-corrected chi connectivity index (χ3v) is 0. The molecule has 6 heavy (non-hydrogen) atoms. The minimum atomic E-state index is 0. The summed E-state index contributed by atoms with van der Waals surface area (Å²) in [6.07, 6.45) is 0. The monoisotopic (exact) mass is 126 g/mol. The predicted octanol–water partition coefficient (Wildman–Crippen LogP) is -7.54. The van der Waals surface area contributed by atoms with E-state index in [1.807, 2.05) is 0 Å². The summed E-state index contributed by atoms with van der Waals surface area (Å²) in [5.74, 6) is 0. The van der Waals surface area contributed by atoms with Crippen molar-refractivity contribution in [2.75, 3.05) is 0 Å². The molecule has 4 N–H and O–H groups in total. The van der Waals surface area contributed by atoms with Crippen LogP contribution in [0.25, 0.3) is 0 Å². The zero-order chi connectivity index (χ0) is 2.00. The summed E-state index contributed by atoms with van der Waals surface area (Å²) in [7, 11) is 0. The average Bonchev–Trinajstić information content (AvgIpc) is 1.00. The zero-order valence-corrected chi connectivity index (χ0v) is 4.71. The van der Waals surface area contributed by atoms with Gasteiger partial charge in [-0.15, -0.1) is 0 Å². The zero-order valence-electron chi connectivity index (χ0n) is 5.72. The Morgan fingerprint density at radius 3 is 1.00 bits per heavy atom. The van der Waals surface area contributed by atoms with E-state index in [-0.39, 0.29) is 51.5 Å². The third-order valence-electron chi connectivity index (χ3n) is 0. The van der Waals surface area contributed by atoms with Gasteiger partial charge in [0, 0.05) is 0 Å². The summed E-state index contributed by atoms with van der Waals surface area (Å²) in [4.78, 5) is 0. The van der Waals surface area contributed by atoms with E-state index in [4.69, 9.17) is 3.90 Å². The normalized spacial score (nSPS) is 1.00. The first kappa shape index (κ1) is 52.5. The van der Waals surface area contributed by atoms with E-state index < -0.39 is 0 Å². The predicted molar refractivity (Wildman–Crippen MR) is 10.1 cm³/mol. The molecule has 0 atom stereocenters. The van der Waals surface area contributed by atoms with Gasteiger partial charge in [-0.05, 0) is 0 Å². The molecule has 0 amide bonds. The van der Waals surface area contributed by atoms with Gasteiger partial charge >= 0.3 is 57.0 Å². The summed E-state index contributed by atoms with van der Waals surface area (Å²) in [6.45, 7) is 0. The Balaban J connectivity index is -0.000000000333. The molecule has 0 aliphatic rings. The van der Waals surface area contributed by atoms with Crippen molar-refractivity contribution in [3.63, 3.8) is 0 Å². The fraction of sp³-hybridized carbons (Fsp3) is 0. The summed E-state index contributed by atoms with van der Waals surface area (Å²) in [6, 6.07) is 0. The van der Waals surface area contributed by atoms with Crippen molar-refractivity contribution < 1.29 is 70.8 Å². The molecular formula is H6Li2NiO3. The van der Waals surface area contributed by atoms with E-state index in [2.05, 4.69) is 15.4 Å². The van der Waals surface area contributed by atoms with Crippen molar-refractivity contribution in [1.82, 2.24) is 0 Å².